The number of carbonyl (C=O) groups is 2. The zero-order chi connectivity index (χ0) is 16.3. The molecule has 0 aliphatic carbocycles. The van der Waals surface area contributed by atoms with Crippen molar-refractivity contribution >= 4 is 11.7 Å². The minimum Gasteiger partial charge on any atom is -0.355 e. The van der Waals surface area contributed by atoms with Crippen LogP contribution in [0.4, 0.5) is 0 Å². The van der Waals surface area contributed by atoms with Crippen molar-refractivity contribution in [3.8, 4) is 0 Å². The van der Waals surface area contributed by atoms with Crippen LogP contribution in [0, 0.1) is 20.8 Å². The number of H-pyrrole nitrogens is 1. The van der Waals surface area contributed by atoms with Crippen molar-refractivity contribution in [1.29, 1.82) is 0 Å². The van der Waals surface area contributed by atoms with Gasteiger partial charge in [-0.3, -0.25) is 9.59 Å². The van der Waals surface area contributed by atoms with Crippen molar-refractivity contribution in [2.75, 3.05) is 6.54 Å². The zero-order valence-corrected chi connectivity index (χ0v) is 13.5. The molecule has 0 unspecified atom stereocenters. The van der Waals surface area contributed by atoms with Crippen molar-refractivity contribution in [2.45, 2.75) is 34.1 Å². The number of aromatic amines is 1. The molecule has 1 heterocycles. The molecule has 0 aliphatic heterocycles. The summed E-state index contributed by atoms with van der Waals surface area (Å²) in [6, 6.07) is 8.28. The molecular formula is C18H22N2O2. The molecule has 2 aromatic rings. The maximum absolute atomic E-state index is 12.3. The lowest BCUT2D eigenvalue weighted by atomic mass is 10.1. The molecular weight excluding hydrogens is 276 g/mol. The van der Waals surface area contributed by atoms with E-state index in [-0.39, 0.29) is 11.7 Å². The van der Waals surface area contributed by atoms with Gasteiger partial charge in [-0.2, -0.15) is 0 Å². The summed E-state index contributed by atoms with van der Waals surface area (Å²) < 4.78 is 0. The second-order valence-electron chi connectivity index (χ2n) is 5.67. The normalized spacial score (nSPS) is 10.5. The number of hydrogen-bond donors (Lipinski definition) is 2. The Labute approximate surface area is 130 Å². The van der Waals surface area contributed by atoms with Crippen LogP contribution in [0.3, 0.4) is 0 Å². The molecule has 0 atom stereocenters. The average Bonchev–Trinajstić information content (AvgIpc) is 2.76. The molecule has 1 aromatic carbocycles. The second-order valence-corrected chi connectivity index (χ2v) is 5.67. The molecule has 0 fully saturated rings. The van der Waals surface area contributed by atoms with E-state index in [4.69, 9.17) is 0 Å². The fraction of sp³-hybridized carbons (Fsp3) is 0.333. The smallest absolute Gasteiger partial charge is 0.253 e. The third-order valence-electron chi connectivity index (χ3n) is 3.84. The number of Topliss-reactive ketones (excluding diaryl/α,β-unsaturated/α-hetero) is 1. The standard InChI is InChI=1S/C18H22N2O2/c1-11-5-7-15(8-6-11)9-10-19-18(22)16-12(2)17(14(4)21)20-13(16)3/h5-8,20H,9-10H2,1-4H3,(H,19,22). The molecule has 4 heteroatoms. The first-order valence-corrected chi connectivity index (χ1v) is 7.44. The van der Waals surface area contributed by atoms with Gasteiger partial charge in [0.25, 0.3) is 5.91 Å². The molecule has 0 bridgehead atoms. The van der Waals surface area contributed by atoms with Crippen molar-refractivity contribution in [3.05, 3.63) is 57.9 Å². The van der Waals surface area contributed by atoms with E-state index in [0.29, 0.717) is 17.8 Å². The third-order valence-corrected chi connectivity index (χ3v) is 3.84. The van der Waals surface area contributed by atoms with Crippen molar-refractivity contribution in [3.63, 3.8) is 0 Å². The zero-order valence-electron chi connectivity index (χ0n) is 13.5. The van der Waals surface area contributed by atoms with E-state index in [0.717, 1.165) is 17.7 Å². The number of carbonyl (C=O) groups excluding carboxylic acids is 2. The Hall–Kier alpha value is -2.36. The maximum atomic E-state index is 12.3. The molecule has 2 rings (SSSR count). The number of benzene rings is 1. The van der Waals surface area contributed by atoms with Crippen molar-refractivity contribution in [1.82, 2.24) is 10.3 Å². The van der Waals surface area contributed by atoms with E-state index >= 15 is 0 Å². The van der Waals surface area contributed by atoms with Gasteiger partial charge in [-0.05, 0) is 38.3 Å². The van der Waals surface area contributed by atoms with Crippen LogP contribution in [0.5, 0.6) is 0 Å². The van der Waals surface area contributed by atoms with Crippen LogP contribution in [-0.4, -0.2) is 23.2 Å². The van der Waals surface area contributed by atoms with Gasteiger partial charge in [0.2, 0.25) is 0 Å². The van der Waals surface area contributed by atoms with Gasteiger partial charge < -0.3 is 10.3 Å². The van der Waals surface area contributed by atoms with Crippen LogP contribution in [0.1, 0.15) is 50.2 Å². The topological polar surface area (TPSA) is 62.0 Å². The molecule has 4 nitrogen and oxygen atoms in total. The number of nitrogens with one attached hydrogen (secondary N) is 2. The molecule has 22 heavy (non-hydrogen) atoms. The lowest BCUT2D eigenvalue weighted by Crippen LogP contribution is -2.26. The van der Waals surface area contributed by atoms with Gasteiger partial charge in [-0.25, -0.2) is 0 Å². The SMILES string of the molecule is CC(=O)c1[nH]c(C)c(C(=O)NCCc2ccc(C)cc2)c1C. The summed E-state index contributed by atoms with van der Waals surface area (Å²) in [6.45, 7) is 7.73. The molecule has 0 aliphatic rings. The highest BCUT2D eigenvalue weighted by molar-refractivity contribution is 6.02. The van der Waals surface area contributed by atoms with E-state index < -0.39 is 0 Å². The van der Waals surface area contributed by atoms with E-state index in [2.05, 4.69) is 41.5 Å². The van der Waals surface area contributed by atoms with Crippen LogP contribution in [-0.2, 0) is 6.42 Å². The maximum Gasteiger partial charge on any atom is 0.253 e. The molecule has 0 radical (unpaired) electrons. The first-order valence-electron chi connectivity index (χ1n) is 7.44. The molecule has 1 aromatic heterocycles. The lowest BCUT2D eigenvalue weighted by molar-refractivity contribution is 0.0953. The molecule has 116 valence electrons. The summed E-state index contributed by atoms with van der Waals surface area (Å²) in [5, 5.41) is 2.93. The van der Waals surface area contributed by atoms with E-state index in [1.807, 2.05) is 6.92 Å². The summed E-state index contributed by atoms with van der Waals surface area (Å²) in [5.74, 6) is -0.190. The minimum absolute atomic E-state index is 0.0562. The van der Waals surface area contributed by atoms with Crippen LogP contribution in [0.15, 0.2) is 24.3 Å². The predicted molar refractivity (Wildman–Crippen MR) is 87.5 cm³/mol. The van der Waals surface area contributed by atoms with Crippen LogP contribution >= 0.6 is 0 Å². The van der Waals surface area contributed by atoms with Crippen LogP contribution < -0.4 is 5.32 Å². The number of aryl methyl sites for hydroxylation is 2. The third kappa shape index (κ3) is 3.45. The Kier molecular flexibility index (Phi) is 4.81. The fourth-order valence-electron chi connectivity index (χ4n) is 2.61. The van der Waals surface area contributed by atoms with Gasteiger partial charge in [0.05, 0.1) is 11.3 Å². The highest BCUT2D eigenvalue weighted by Gasteiger charge is 2.19. The summed E-state index contributed by atoms with van der Waals surface area (Å²) in [5.41, 5.74) is 4.96. The van der Waals surface area contributed by atoms with Gasteiger partial charge in [0, 0.05) is 19.2 Å². The van der Waals surface area contributed by atoms with Gasteiger partial charge in [0.15, 0.2) is 5.78 Å². The fourth-order valence-corrected chi connectivity index (χ4v) is 2.61. The number of hydrogen-bond acceptors (Lipinski definition) is 2. The molecule has 0 saturated heterocycles. The van der Waals surface area contributed by atoms with E-state index in [9.17, 15) is 9.59 Å². The Morgan fingerprint density at radius 2 is 1.73 bits per heavy atom. The number of ketones is 1. The van der Waals surface area contributed by atoms with Gasteiger partial charge in [-0.15, -0.1) is 0 Å². The first kappa shape index (κ1) is 16.0. The van der Waals surface area contributed by atoms with Gasteiger partial charge in [0.1, 0.15) is 0 Å². The quantitative estimate of drug-likeness (QED) is 0.833. The second kappa shape index (κ2) is 6.60. The van der Waals surface area contributed by atoms with E-state index in [1.165, 1.54) is 18.1 Å². The Bertz CT molecular complexity index is 697. The van der Waals surface area contributed by atoms with Gasteiger partial charge >= 0.3 is 0 Å². The first-order chi connectivity index (χ1) is 10.4. The Morgan fingerprint density at radius 1 is 1.09 bits per heavy atom. The monoisotopic (exact) mass is 298 g/mol. The predicted octanol–water partition coefficient (Wildman–Crippen LogP) is 3.12. The van der Waals surface area contributed by atoms with E-state index in [1.54, 1.807) is 6.92 Å². The molecule has 0 saturated carbocycles. The van der Waals surface area contributed by atoms with Crippen LogP contribution in [0.2, 0.25) is 0 Å². The lowest BCUT2D eigenvalue weighted by Gasteiger charge is -2.06. The largest absolute Gasteiger partial charge is 0.355 e. The number of amides is 1. The highest BCUT2D eigenvalue weighted by Crippen LogP contribution is 2.18. The summed E-state index contributed by atoms with van der Waals surface area (Å²) in [4.78, 5) is 26.8. The van der Waals surface area contributed by atoms with Gasteiger partial charge in [-0.1, -0.05) is 29.8 Å². The summed E-state index contributed by atoms with van der Waals surface area (Å²) in [6.07, 6.45) is 0.786. The highest BCUT2D eigenvalue weighted by atomic mass is 16.1. The molecule has 1 amide bonds. The number of aromatic nitrogens is 1. The summed E-state index contributed by atoms with van der Waals surface area (Å²) in [7, 11) is 0. The molecule has 0 spiro atoms. The van der Waals surface area contributed by atoms with Crippen molar-refractivity contribution in [2.24, 2.45) is 0 Å². The van der Waals surface area contributed by atoms with Crippen LogP contribution in [0.25, 0.3) is 0 Å². The summed E-state index contributed by atoms with van der Waals surface area (Å²) >= 11 is 0. The van der Waals surface area contributed by atoms with Crippen molar-refractivity contribution < 1.29 is 9.59 Å². The minimum atomic E-state index is -0.133. The Balaban J connectivity index is 2.01. The average molecular weight is 298 g/mol. The number of rotatable bonds is 5. The molecule has 2 N–H and O–H groups in total. The Morgan fingerprint density at radius 3 is 2.27 bits per heavy atom.